The van der Waals surface area contributed by atoms with Gasteiger partial charge in [-0.05, 0) is 24.6 Å². The lowest BCUT2D eigenvalue weighted by Crippen LogP contribution is -2.28. The molecule has 0 saturated carbocycles. The summed E-state index contributed by atoms with van der Waals surface area (Å²) in [5.74, 6) is -1.47. The van der Waals surface area contributed by atoms with Gasteiger partial charge >= 0.3 is 5.97 Å². The lowest BCUT2D eigenvalue weighted by atomic mass is 10.1. The molecule has 0 spiro atoms. The zero-order valence-corrected chi connectivity index (χ0v) is 12.6. The summed E-state index contributed by atoms with van der Waals surface area (Å²) >= 11 is 6.00. The van der Waals surface area contributed by atoms with Crippen molar-refractivity contribution in [2.45, 2.75) is 19.8 Å². The van der Waals surface area contributed by atoms with Crippen molar-refractivity contribution in [2.24, 2.45) is 0 Å². The smallest absolute Gasteiger partial charge is 0.303 e. The van der Waals surface area contributed by atoms with Gasteiger partial charge in [-0.3, -0.25) is 14.4 Å². The lowest BCUT2D eigenvalue weighted by Gasteiger charge is -2.18. The molecule has 0 radical (unpaired) electrons. The number of hydrogen-bond acceptors (Lipinski definition) is 3. The van der Waals surface area contributed by atoms with Gasteiger partial charge in [0.1, 0.15) is 0 Å². The molecule has 0 aliphatic rings. The molecule has 2 N–H and O–H groups in total. The Bertz CT molecular complexity index is 560. The molecule has 1 rings (SSSR count). The maximum Gasteiger partial charge on any atom is 0.303 e. The molecule has 0 saturated heterocycles. The van der Waals surface area contributed by atoms with Crippen LogP contribution in [-0.4, -0.2) is 41.4 Å². The number of amides is 2. The first-order chi connectivity index (χ1) is 9.81. The van der Waals surface area contributed by atoms with E-state index in [1.165, 1.54) is 24.0 Å². The van der Waals surface area contributed by atoms with E-state index in [1.807, 2.05) is 0 Å². The summed E-state index contributed by atoms with van der Waals surface area (Å²) in [6.45, 7) is 1.68. The Morgan fingerprint density at radius 2 is 2.00 bits per heavy atom. The Balaban J connectivity index is 2.80. The molecule has 1 aromatic rings. The quantitative estimate of drug-likeness (QED) is 0.843. The minimum absolute atomic E-state index is 0.00269. The molecular weight excluding hydrogens is 296 g/mol. The maximum absolute atomic E-state index is 12.3. The number of benzene rings is 1. The Hall–Kier alpha value is -2.08. The lowest BCUT2D eigenvalue weighted by molar-refractivity contribution is -0.137. The molecule has 0 aromatic heterocycles. The number of halogens is 1. The summed E-state index contributed by atoms with van der Waals surface area (Å²) in [6, 6.07) is 4.63. The monoisotopic (exact) mass is 312 g/mol. The van der Waals surface area contributed by atoms with Crippen LogP contribution < -0.4 is 5.32 Å². The van der Waals surface area contributed by atoms with Crippen LogP contribution in [0.4, 0.5) is 5.69 Å². The number of anilines is 1. The van der Waals surface area contributed by atoms with Gasteiger partial charge in [0.15, 0.2) is 0 Å². The van der Waals surface area contributed by atoms with Crippen molar-refractivity contribution < 1.29 is 19.5 Å². The zero-order chi connectivity index (χ0) is 16.0. The van der Waals surface area contributed by atoms with Gasteiger partial charge in [-0.15, -0.1) is 0 Å². The fourth-order valence-electron chi connectivity index (χ4n) is 1.74. The van der Waals surface area contributed by atoms with E-state index < -0.39 is 5.97 Å². The van der Waals surface area contributed by atoms with Crippen molar-refractivity contribution in [1.82, 2.24) is 4.90 Å². The first-order valence-electron chi connectivity index (χ1n) is 6.35. The number of carboxylic acid groups (broad SMARTS) is 1. The molecule has 0 unspecified atom stereocenters. The van der Waals surface area contributed by atoms with Crippen molar-refractivity contribution in [3.05, 3.63) is 28.8 Å². The van der Waals surface area contributed by atoms with Crippen molar-refractivity contribution >= 4 is 35.1 Å². The van der Waals surface area contributed by atoms with E-state index in [9.17, 15) is 14.4 Å². The molecule has 0 aliphatic carbocycles. The molecule has 21 heavy (non-hydrogen) atoms. The second-order valence-electron chi connectivity index (χ2n) is 4.60. The number of aliphatic carboxylic acids is 1. The molecule has 2 amide bonds. The first-order valence-corrected chi connectivity index (χ1v) is 6.73. The zero-order valence-electron chi connectivity index (χ0n) is 11.9. The van der Waals surface area contributed by atoms with Gasteiger partial charge in [-0.1, -0.05) is 11.6 Å². The third-order valence-electron chi connectivity index (χ3n) is 2.75. The van der Waals surface area contributed by atoms with E-state index in [1.54, 1.807) is 13.1 Å². The molecule has 0 heterocycles. The molecule has 6 nitrogen and oxygen atoms in total. The number of carbonyl (C=O) groups excluding carboxylic acids is 2. The average molecular weight is 313 g/mol. The second kappa shape index (κ2) is 7.64. The van der Waals surface area contributed by atoms with E-state index in [0.29, 0.717) is 18.7 Å². The summed E-state index contributed by atoms with van der Waals surface area (Å²) in [5.41, 5.74) is 0.745. The molecule has 0 bridgehead atoms. The number of carboxylic acids is 1. The maximum atomic E-state index is 12.3. The van der Waals surface area contributed by atoms with Crippen LogP contribution in [-0.2, 0) is 9.59 Å². The molecule has 0 fully saturated rings. The van der Waals surface area contributed by atoms with Crippen molar-refractivity contribution in [1.29, 1.82) is 0 Å². The summed E-state index contributed by atoms with van der Waals surface area (Å²) in [5, 5.41) is 11.4. The van der Waals surface area contributed by atoms with Crippen LogP contribution in [0.3, 0.4) is 0 Å². The second-order valence-corrected chi connectivity index (χ2v) is 5.01. The number of nitrogens with zero attached hydrogens (tertiary/aromatic N) is 1. The van der Waals surface area contributed by atoms with Crippen LogP contribution in [0.25, 0.3) is 0 Å². The topological polar surface area (TPSA) is 86.7 Å². The predicted octanol–water partition coefficient (Wildman–Crippen LogP) is 2.24. The van der Waals surface area contributed by atoms with Crippen LogP contribution in [0, 0.1) is 0 Å². The van der Waals surface area contributed by atoms with E-state index in [0.717, 1.165) is 0 Å². The van der Waals surface area contributed by atoms with Crippen LogP contribution >= 0.6 is 11.6 Å². The van der Waals surface area contributed by atoms with Gasteiger partial charge in [0, 0.05) is 32.6 Å². The highest BCUT2D eigenvalue weighted by atomic mass is 35.5. The van der Waals surface area contributed by atoms with Crippen molar-refractivity contribution in [2.75, 3.05) is 18.9 Å². The minimum Gasteiger partial charge on any atom is -0.481 e. The van der Waals surface area contributed by atoms with Gasteiger partial charge in [0.05, 0.1) is 10.6 Å². The molecule has 114 valence electrons. The van der Waals surface area contributed by atoms with Crippen molar-refractivity contribution in [3.63, 3.8) is 0 Å². The fourth-order valence-corrected chi connectivity index (χ4v) is 1.94. The van der Waals surface area contributed by atoms with Gasteiger partial charge < -0.3 is 15.3 Å². The Kier molecular flexibility index (Phi) is 6.17. The molecule has 0 aliphatic heterocycles. The van der Waals surface area contributed by atoms with Crippen LogP contribution in [0.15, 0.2) is 18.2 Å². The van der Waals surface area contributed by atoms with Crippen LogP contribution in [0.1, 0.15) is 30.1 Å². The number of hydrogen-bond donors (Lipinski definition) is 2. The third kappa shape index (κ3) is 5.43. The van der Waals surface area contributed by atoms with Gasteiger partial charge in [-0.25, -0.2) is 0 Å². The Morgan fingerprint density at radius 1 is 1.33 bits per heavy atom. The summed E-state index contributed by atoms with van der Waals surface area (Å²) in [7, 11) is 1.57. The summed E-state index contributed by atoms with van der Waals surface area (Å²) in [6.07, 6.45) is 0.359. The van der Waals surface area contributed by atoms with E-state index in [-0.39, 0.29) is 28.8 Å². The van der Waals surface area contributed by atoms with E-state index in [2.05, 4.69) is 5.32 Å². The Labute approximate surface area is 127 Å². The minimum atomic E-state index is -0.901. The van der Waals surface area contributed by atoms with Crippen molar-refractivity contribution in [3.8, 4) is 0 Å². The Morgan fingerprint density at radius 3 is 2.57 bits per heavy atom. The highest BCUT2D eigenvalue weighted by Crippen LogP contribution is 2.22. The van der Waals surface area contributed by atoms with Gasteiger partial charge in [0.25, 0.3) is 5.91 Å². The largest absolute Gasteiger partial charge is 0.481 e. The summed E-state index contributed by atoms with van der Waals surface area (Å²) in [4.78, 5) is 35.1. The third-order valence-corrected chi connectivity index (χ3v) is 3.08. The van der Waals surface area contributed by atoms with Gasteiger partial charge in [-0.2, -0.15) is 0 Å². The average Bonchev–Trinajstić information content (AvgIpc) is 2.39. The SMILES string of the molecule is CC(=O)Nc1ccc(Cl)c(C(=O)N(C)CCCC(=O)O)c1. The molecule has 1 aromatic carbocycles. The van der Waals surface area contributed by atoms with Crippen LogP contribution in [0.5, 0.6) is 0 Å². The van der Waals surface area contributed by atoms with E-state index >= 15 is 0 Å². The normalized spacial score (nSPS) is 10.0. The highest BCUT2D eigenvalue weighted by molar-refractivity contribution is 6.34. The van der Waals surface area contributed by atoms with Crippen LogP contribution in [0.2, 0.25) is 5.02 Å². The number of carbonyl (C=O) groups is 3. The molecular formula is C14H17ClN2O4. The predicted molar refractivity (Wildman–Crippen MR) is 79.6 cm³/mol. The number of nitrogens with one attached hydrogen (secondary N) is 1. The van der Waals surface area contributed by atoms with Gasteiger partial charge in [0.2, 0.25) is 5.91 Å². The standard InChI is InChI=1S/C14H17ClN2O4/c1-9(18)16-10-5-6-12(15)11(8-10)14(21)17(2)7-3-4-13(19)20/h5-6,8H,3-4,7H2,1-2H3,(H,16,18)(H,19,20). The molecule has 0 atom stereocenters. The summed E-state index contributed by atoms with van der Waals surface area (Å²) < 4.78 is 0. The fraction of sp³-hybridized carbons (Fsp3) is 0.357. The molecule has 7 heteroatoms. The number of rotatable bonds is 6. The van der Waals surface area contributed by atoms with E-state index in [4.69, 9.17) is 16.7 Å². The highest BCUT2D eigenvalue weighted by Gasteiger charge is 2.16. The first kappa shape index (κ1) is 17.0.